The fraction of sp³-hybridized carbons (Fsp3) is 0.250. The van der Waals surface area contributed by atoms with E-state index < -0.39 is 22.0 Å². The second-order valence-corrected chi connectivity index (χ2v) is 9.33. The van der Waals surface area contributed by atoms with Crippen LogP contribution in [0.1, 0.15) is 17.7 Å². The number of aromatic amines is 1. The molecule has 0 bridgehead atoms. The van der Waals surface area contributed by atoms with Gasteiger partial charge in [0.1, 0.15) is 10.9 Å². The van der Waals surface area contributed by atoms with E-state index in [9.17, 15) is 18.0 Å². The van der Waals surface area contributed by atoms with Gasteiger partial charge in [-0.3, -0.25) is 9.59 Å². The highest BCUT2D eigenvalue weighted by molar-refractivity contribution is 7.89. The van der Waals surface area contributed by atoms with E-state index in [1.807, 2.05) is 6.07 Å². The van der Waals surface area contributed by atoms with Crippen LogP contribution in [-0.4, -0.2) is 52.2 Å². The van der Waals surface area contributed by atoms with Crippen LogP contribution in [0.3, 0.4) is 0 Å². The Morgan fingerprint density at radius 3 is 2.74 bits per heavy atom. The number of amides is 1. The Morgan fingerprint density at radius 1 is 1.32 bits per heavy atom. The first kappa shape index (κ1) is 20.8. The molecular formula is C20H21N5O5S. The Morgan fingerprint density at radius 2 is 2.10 bits per heavy atom. The number of H-pyrrole nitrogens is 1. The number of aromatic nitrogens is 2. The van der Waals surface area contributed by atoms with Gasteiger partial charge in [-0.15, -0.1) is 0 Å². The minimum Gasteiger partial charge on any atom is -0.411 e. The second kappa shape index (κ2) is 7.67. The molecule has 1 fully saturated rings. The number of nitrogens with zero attached hydrogens (tertiary/aromatic N) is 3. The Labute approximate surface area is 177 Å². The molecule has 11 heteroatoms. The lowest BCUT2D eigenvalue weighted by molar-refractivity contribution is -0.122. The van der Waals surface area contributed by atoms with Gasteiger partial charge in [0.15, 0.2) is 0 Å². The zero-order chi connectivity index (χ0) is 22.3. The van der Waals surface area contributed by atoms with Crippen LogP contribution in [0.4, 0.5) is 5.69 Å². The van der Waals surface area contributed by atoms with Crippen LogP contribution in [-0.2, 0) is 21.9 Å². The lowest BCUT2D eigenvalue weighted by atomic mass is 10.1. The minimum absolute atomic E-state index is 0.0474. The Bertz CT molecular complexity index is 1370. The van der Waals surface area contributed by atoms with Crippen molar-refractivity contribution in [2.45, 2.75) is 24.3 Å². The number of hydrogen-bond donors (Lipinski definition) is 3. The van der Waals surface area contributed by atoms with E-state index in [-0.39, 0.29) is 17.0 Å². The normalized spacial score (nSPS) is 17.2. The number of hydrogen-bond acceptors (Lipinski definition) is 6. The molecule has 31 heavy (non-hydrogen) atoms. The van der Waals surface area contributed by atoms with Crippen LogP contribution in [0.25, 0.3) is 10.9 Å². The van der Waals surface area contributed by atoms with Gasteiger partial charge in [-0.2, -0.15) is 4.31 Å². The molecule has 3 heterocycles. The number of fused-ring (bicyclic) bond motifs is 1. The standard InChI is InChI=1S/C20H21N5O5S/c1-12-7-13-9-15(11-21-28)22-19(13)17(8-12)31(29,30)25-6-4-16(25)20(27)23-14-3-5-24(2)18(26)10-14/h3,5,7-11,16,22,28H,4,6H2,1-2H3,(H,23,27)/b21-11-/t16-/m0/s1. The summed E-state index contributed by atoms with van der Waals surface area (Å²) in [4.78, 5) is 27.5. The van der Waals surface area contributed by atoms with Gasteiger partial charge < -0.3 is 20.1 Å². The molecule has 10 nitrogen and oxygen atoms in total. The van der Waals surface area contributed by atoms with E-state index in [0.29, 0.717) is 28.7 Å². The number of benzene rings is 1. The van der Waals surface area contributed by atoms with Crippen LogP contribution >= 0.6 is 0 Å². The smallest absolute Gasteiger partial charge is 0.252 e. The summed E-state index contributed by atoms with van der Waals surface area (Å²) in [5, 5.41) is 15.0. The lowest BCUT2D eigenvalue weighted by Crippen LogP contribution is -2.56. The molecule has 0 radical (unpaired) electrons. The third kappa shape index (κ3) is 3.73. The summed E-state index contributed by atoms with van der Waals surface area (Å²) in [5.41, 5.74) is 1.58. The van der Waals surface area contributed by atoms with Crippen molar-refractivity contribution >= 4 is 38.7 Å². The van der Waals surface area contributed by atoms with Crippen molar-refractivity contribution in [3.8, 4) is 0 Å². The van der Waals surface area contributed by atoms with Gasteiger partial charge in [0, 0.05) is 36.9 Å². The van der Waals surface area contributed by atoms with Crippen molar-refractivity contribution < 1.29 is 18.4 Å². The highest BCUT2D eigenvalue weighted by atomic mass is 32.2. The van der Waals surface area contributed by atoms with Gasteiger partial charge in [0.2, 0.25) is 15.9 Å². The molecule has 4 rings (SSSR count). The highest BCUT2D eigenvalue weighted by Gasteiger charge is 2.43. The molecule has 1 aliphatic heterocycles. The van der Waals surface area contributed by atoms with Crippen molar-refractivity contribution in [2.75, 3.05) is 11.9 Å². The molecule has 1 aliphatic rings. The van der Waals surface area contributed by atoms with Gasteiger partial charge in [-0.25, -0.2) is 8.42 Å². The van der Waals surface area contributed by atoms with Crippen LogP contribution in [0.5, 0.6) is 0 Å². The average Bonchev–Trinajstić information content (AvgIpc) is 3.05. The van der Waals surface area contributed by atoms with E-state index in [1.54, 1.807) is 32.2 Å². The number of carbonyl (C=O) groups excluding carboxylic acids is 1. The van der Waals surface area contributed by atoms with E-state index in [4.69, 9.17) is 5.21 Å². The van der Waals surface area contributed by atoms with Gasteiger partial charge >= 0.3 is 0 Å². The summed E-state index contributed by atoms with van der Waals surface area (Å²) in [6, 6.07) is 7.01. The number of aryl methyl sites for hydroxylation is 2. The van der Waals surface area contributed by atoms with Crippen molar-refractivity contribution in [3.05, 3.63) is 58.1 Å². The Hall–Kier alpha value is -3.44. The minimum atomic E-state index is -3.99. The van der Waals surface area contributed by atoms with Gasteiger partial charge in [0.25, 0.3) is 5.56 Å². The molecule has 1 atom stereocenters. The molecule has 1 amide bonds. The monoisotopic (exact) mass is 443 g/mol. The summed E-state index contributed by atoms with van der Waals surface area (Å²) in [6.07, 6.45) is 3.07. The molecule has 3 aromatic rings. The number of anilines is 1. The quantitative estimate of drug-likeness (QED) is 0.311. The molecule has 1 saturated heterocycles. The molecule has 3 N–H and O–H groups in total. The number of sulfonamides is 1. The predicted octanol–water partition coefficient (Wildman–Crippen LogP) is 1.38. The first-order chi connectivity index (χ1) is 14.7. The van der Waals surface area contributed by atoms with Crippen molar-refractivity contribution in [2.24, 2.45) is 12.2 Å². The van der Waals surface area contributed by atoms with E-state index in [2.05, 4.69) is 15.5 Å². The molecule has 0 unspecified atom stereocenters. The van der Waals surface area contributed by atoms with Crippen LogP contribution in [0.15, 0.2) is 51.4 Å². The molecule has 162 valence electrons. The van der Waals surface area contributed by atoms with Crippen LogP contribution < -0.4 is 10.9 Å². The maximum Gasteiger partial charge on any atom is 0.252 e. The van der Waals surface area contributed by atoms with Crippen molar-refractivity contribution in [3.63, 3.8) is 0 Å². The van der Waals surface area contributed by atoms with Crippen LogP contribution in [0.2, 0.25) is 0 Å². The molecule has 1 aromatic carbocycles. The second-order valence-electron chi connectivity index (χ2n) is 7.47. The molecule has 0 aliphatic carbocycles. The fourth-order valence-corrected chi connectivity index (χ4v) is 5.50. The predicted molar refractivity (Wildman–Crippen MR) is 115 cm³/mol. The maximum atomic E-state index is 13.4. The summed E-state index contributed by atoms with van der Waals surface area (Å²) in [5.74, 6) is -0.494. The molecular weight excluding hydrogens is 422 g/mol. The third-order valence-corrected chi connectivity index (χ3v) is 7.22. The van der Waals surface area contributed by atoms with Crippen molar-refractivity contribution in [1.82, 2.24) is 13.9 Å². The zero-order valence-corrected chi connectivity index (χ0v) is 17.7. The SMILES string of the molecule is Cc1cc(S(=O)(=O)N2CC[C@H]2C(=O)Nc2ccn(C)c(=O)c2)c2[nH]c(/C=N\O)cc2c1. The van der Waals surface area contributed by atoms with E-state index in [1.165, 1.54) is 23.0 Å². The first-order valence-corrected chi connectivity index (χ1v) is 10.9. The topological polar surface area (TPSA) is 137 Å². The molecule has 0 spiro atoms. The van der Waals surface area contributed by atoms with Crippen LogP contribution in [0, 0.1) is 6.92 Å². The number of rotatable bonds is 5. The number of oxime groups is 1. The Balaban J connectivity index is 1.65. The van der Waals surface area contributed by atoms with Gasteiger partial charge in [0.05, 0.1) is 17.4 Å². The first-order valence-electron chi connectivity index (χ1n) is 9.51. The van der Waals surface area contributed by atoms with Gasteiger partial charge in [-0.05, 0) is 43.2 Å². The third-order valence-electron chi connectivity index (χ3n) is 5.29. The fourth-order valence-electron chi connectivity index (χ4n) is 3.60. The summed E-state index contributed by atoms with van der Waals surface area (Å²) in [7, 11) is -2.39. The molecule has 2 aromatic heterocycles. The largest absolute Gasteiger partial charge is 0.411 e. The number of nitrogens with one attached hydrogen (secondary N) is 2. The lowest BCUT2D eigenvalue weighted by Gasteiger charge is -2.38. The van der Waals surface area contributed by atoms with E-state index >= 15 is 0 Å². The number of carbonyl (C=O) groups is 1. The summed E-state index contributed by atoms with van der Waals surface area (Å²) < 4.78 is 29.3. The van der Waals surface area contributed by atoms with Gasteiger partial charge in [-0.1, -0.05) is 5.16 Å². The number of pyridine rings is 1. The van der Waals surface area contributed by atoms with E-state index in [0.717, 1.165) is 9.87 Å². The summed E-state index contributed by atoms with van der Waals surface area (Å²) in [6.45, 7) is 1.99. The van der Waals surface area contributed by atoms with Crippen molar-refractivity contribution in [1.29, 1.82) is 0 Å². The maximum absolute atomic E-state index is 13.4. The average molecular weight is 443 g/mol. The summed E-state index contributed by atoms with van der Waals surface area (Å²) >= 11 is 0. The molecule has 0 saturated carbocycles. The Kier molecular flexibility index (Phi) is 5.15. The highest BCUT2D eigenvalue weighted by Crippen LogP contribution is 2.32. The zero-order valence-electron chi connectivity index (χ0n) is 16.9.